The van der Waals surface area contributed by atoms with Gasteiger partial charge < -0.3 is 23.9 Å². The molecule has 1 heterocycles. The van der Waals surface area contributed by atoms with E-state index >= 15 is 0 Å². The van der Waals surface area contributed by atoms with Crippen molar-refractivity contribution in [3.63, 3.8) is 0 Å². The zero-order chi connectivity index (χ0) is 19.8. The highest BCUT2D eigenvalue weighted by molar-refractivity contribution is 5.54. The van der Waals surface area contributed by atoms with Crippen LogP contribution in [0.1, 0.15) is 5.56 Å². The van der Waals surface area contributed by atoms with Crippen molar-refractivity contribution in [3.05, 3.63) is 50.6 Å². The fraction of sp³-hybridized carbons (Fsp3) is 0.294. The Balaban J connectivity index is 2.27. The van der Waals surface area contributed by atoms with Gasteiger partial charge in [-0.05, 0) is 6.07 Å². The predicted molar refractivity (Wildman–Crippen MR) is 93.8 cm³/mol. The second-order valence-corrected chi connectivity index (χ2v) is 5.14. The Hall–Kier alpha value is -3.58. The van der Waals surface area contributed by atoms with Gasteiger partial charge in [-0.3, -0.25) is 10.1 Å². The van der Waals surface area contributed by atoms with Crippen LogP contribution in [-0.2, 0) is 13.7 Å². The third-order valence-corrected chi connectivity index (χ3v) is 3.39. The first-order chi connectivity index (χ1) is 13.0. The van der Waals surface area contributed by atoms with E-state index in [4.69, 9.17) is 19.3 Å². The largest absolute Gasteiger partial charge is 0.493 e. The van der Waals surface area contributed by atoms with Crippen LogP contribution in [0.25, 0.3) is 0 Å². The van der Waals surface area contributed by atoms with Gasteiger partial charge in [0.05, 0.1) is 23.7 Å². The summed E-state index contributed by atoms with van der Waals surface area (Å²) in [5, 5.41) is 20.0. The van der Waals surface area contributed by atoms with E-state index in [1.807, 2.05) is 0 Å². The number of benzene rings is 1. The molecule has 0 atom stereocenters. The number of ether oxygens (including phenoxy) is 3. The van der Waals surface area contributed by atoms with Gasteiger partial charge in [0, 0.05) is 19.3 Å². The van der Waals surface area contributed by atoms with Gasteiger partial charge in [0.15, 0.2) is 11.5 Å². The van der Waals surface area contributed by atoms with Gasteiger partial charge in [0.1, 0.15) is 19.8 Å². The lowest BCUT2D eigenvalue weighted by molar-refractivity contribution is -0.385. The number of aliphatic hydroxyl groups is 1. The molecule has 1 aromatic heterocycles. The smallest absolute Gasteiger partial charge is 0.350 e. The molecule has 1 N–H and O–H groups in total. The van der Waals surface area contributed by atoms with Crippen molar-refractivity contribution in [1.29, 1.82) is 0 Å². The maximum absolute atomic E-state index is 11.5. The molecule has 0 saturated heterocycles. The summed E-state index contributed by atoms with van der Waals surface area (Å²) >= 11 is 0. The van der Waals surface area contributed by atoms with E-state index in [2.05, 4.69) is 16.8 Å². The Morgan fingerprint density at radius 3 is 2.70 bits per heavy atom. The van der Waals surface area contributed by atoms with Gasteiger partial charge >= 0.3 is 5.69 Å². The number of nitro groups is 1. The van der Waals surface area contributed by atoms with Crippen LogP contribution in [0.3, 0.4) is 0 Å². The molecule has 10 heteroatoms. The highest BCUT2D eigenvalue weighted by Gasteiger charge is 2.20. The Morgan fingerprint density at radius 2 is 2.07 bits per heavy atom. The van der Waals surface area contributed by atoms with Gasteiger partial charge in [-0.25, -0.2) is 4.79 Å². The Labute approximate surface area is 154 Å². The summed E-state index contributed by atoms with van der Waals surface area (Å²) < 4.78 is 17.2. The van der Waals surface area contributed by atoms with Crippen molar-refractivity contribution >= 4 is 5.69 Å². The Kier molecular flexibility index (Phi) is 6.73. The number of nitro benzene ring substituents is 1. The van der Waals surface area contributed by atoms with Crippen molar-refractivity contribution in [2.24, 2.45) is 7.05 Å². The number of hydrogen-bond donors (Lipinski definition) is 1. The van der Waals surface area contributed by atoms with E-state index in [0.29, 0.717) is 0 Å². The number of aliphatic hydroxyl groups excluding tert-OH is 1. The fourth-order valence-corrected chi connectivity index (χ4v) is 2.05. The van der Waals surface area contributed by atoms with Gasteiger partial charge in [-0.2, -0.15) is 4.98 Å². The lowest BCUT2D eigenvalue weighted by Crippen LogP contribution is -2.19. The quantitative estimate of drug-likeness (QED) is 0.425. The topological polar surface area (TPSA) is 126 Å². The molecule has 0 aliphatic carbocycles. The number of rotatable bonds is 7. The highest BCUT2D eigenvalue weighted by Crippen LogP contribution is 2.35. The highest BCUT2D eigenvalue weighted by atomic mass is 16.6. The molecule has 0 radical (unpaired) electrons. The van der Waals surface area contributed by atoms with Crippen molar-refractivity contribution < 1.29 is 24.2 Å². The van der Waals surface area contributed by atoms with Gasteiger partial charge in [0.2, 0.25) is 5.88 Å². The maximum Gasteiger partial charge on any atom is 0.350 e. The third kappa shape index (κ3) is 5.20. The van der Waals surface area contributed by atoms with E-state index in [0.717, 1.165) is 0 Å². The summed E-state index contributed by atoms with van der Waals surface area (Å²) in [5.41, 5.74) is -0.537. The minimum atomic E-state index is -0.582. The van der Waals surface area contributed by atoms with Crippen molar-refractivity contribution in [2.45, 2.75) is 6.61 Å². The number of aryl methyl sites for hydroxylation is 1. The summed E-state index contributed by atoms with van der Waals surface area (Å²) in [6.07, 6.45) is 1.48. The average molecular weight is 375 g/mol. The Morgan fingerprint density at radius 1 is 1.30 bits per heavy atom. The molecule has 0 aliphatic rings. The molecule has 27 heavy (non-hydrogen) atoms. The standard InChI is InChI=1S/C17H17N3O7/c1-19-6-5-16(18-17(19)22)27-11-12-9-14(25-2)15(10-13(12)20(23)24)26-8-4-3-7-21/h5-6,9-10,21H,7-8,11H2,1-2H3. The SMILES string of the molecule is COc1cc(COc2ccn(C)c(=O)n2)c([N+](=O)[O-])cc1OCC#CCO. The predicted octanol–water partition coefficient (Wildman–Crippen LogP) is 0.651. The molecule has 0 aliphatic heterocycles. The van der Waals surface area contributed by atoms with Crippen LogP contribution < -0.4 is 19.9 Å². The van der Waals surface area contributed by atoms with Gasteiger partial charge in [-0.15, -0.1) is 0 Å². The van der Waals surface area contributed by atoms with Crippen molar-refractivity contribution in [1.82, 2.24) is 9.55 Å². The molecule has 10 nitrogen and oxygen atoms in total. The van der Waals surface area contributed by atoms with Crippen LogP contribution in [-0.4, -0.2) is 39.9 Å². The molecule has 0 amide bonds. The number of hydrogen-bond acceptors (Lipinski definition) is 8. The van der Waals surface area contributed by atoms with Gasteiger partial charge in [0.25, 0.3) is 5.69 Å². The molecule has 0 unspecified atom stereocenters. The van der Waals surface area contributed by atoms with Crippen LogP contribution >= 0.6 is 0 Å². The van der Waals surface area contributed by atoms with Crippen molar-refractivity contribution in [2.75, 3.05) is 20.3 Å². The van der Waals surface area contributed by atoms with Crippen molar-refractivity contribution in [3.8, 4) is 29.2 Å². The zero-order valence-corrected chi connectivity index (χ0v) is 14.7. The maximum atomic E-state index is 11.5. The van der Waals surface area contributed by atoms with E-state index in [1.54, 1.807) is 7.05 Å². The van der Waals surface area contributed by atoms with Crippen LogP contribution in [0.15, 0.2) is 29.2 Å². The summed E-state index contributed by atoms with van der Waals surface area (Å²) in [4.78, 5) is 26.0. The molecule has 142 valence electrons. The summed E-state index contributed by atoms with van der Waals surface area (Å²) in [7, 11) is 2.93. The van der Waals surface area contributed by atoms with Crippen LogP contribution in [0.4, 0.5) is 5.69 Å². The molecule has 0 spiro atoms. The first kappa shape index (κ1) is 19.7. The summed E-state index contributed by atoms with van der Waals surface area (Å²) in [6, 6.07) is 4.09. The molecular formula is C17H17N3O7. The second kappa shape index (κ2) is 9.21. The number of methoxy groups -OCH3 is 1. The normalized spacial score (nSPS) is 9.89. The average Bonchev–Trinajstić information content (AvgIpc) is 2.66. The number of aromatic nitrogens is 2. The summed E-state index contributed by atoms with van der Waals surface area (Å²) in [6.45, 7) is -0.577. The molecule has 0 bridgehead atoms. The van der Waals surface area contributed by atoms with E-state index in [-0.39, 0.29) is 48.5 Å². The lowest BCUT2D eigenvalue weighted by Gasteiger charge is -2.12. The first-order valence-corrected chi connectivity index (χ1v) is 7.67. The monoisotopic (exact) mass is 375 g/mol. The Bertz CT molecular complexity index is 944. The molecular weight excluding hydrogens is 358 g/mol. The molecule has 0 saturated carbocycles. The molecule has 1 aromatic carbocycles. The van der Waals surface area contributed by atoms with E-state index in [9.17, 15) is 14.9 Å². The third-order valence-electron chi connectivity index (χ3n) is 3.39. The first-order valence-electron chi connectivity index (χ1n) is 7.67. The second-order valence-electron chi connectivity index (χ2n) is 5.14. The van der Waals surface area contributed by atoms with E-state index in [1.165, 1.54) is 36.1 Å². The van der Waals surface area contributed by atoms with Crippen LogP contribution in [0.2, 0.25) is 0 Å². The zero-order valence-electron chi connectivity index (χ0n) is 14.7. The minimum Gasteiger partial charge on any atom is -0.493 e. The number of nitrogens with zero attached hydrogens (tertiary/aromatic N) is 3. The van der Waals surface area contributed by atoms with Crippen LogP contribution in [0, 0.1) is 22.0 Å². The lowest BCUT2D eigenvalue weighted by atomic mass is 10.1. The molecule has 0 fully saturated rings. The fourth-order valence-electron chi connectivity index (χ4n) is 2.05. The van der Waals surface area contributed by atoms with E-state index < -0.39 is 10.6 Å². The molecule has 2 aromatic rings. The van der Waals surface area contributed by atoms with Gasteiger partial charge in [-0.1, -0.05) is 11.8 Å². The summed E-state index contributed by atoms with van der Waals surface area (Å²) in [5.74, 6) is 5.38. The minimum absolute atomic E-state index is 0.0472. The molecule has 2 rings (SSSR count). The van der Waals surface area contributed by atoms with Crippen LogP contribution in [0.5, 0.6) is 17.4 Å².